The molecular formula is C11H16N2O5. The number of aliphatic hydroxyl groups excluding tert-OH is 2. The molecular weight excluding hydrogens is 240 g/mol. The third-order valence-electron chi connectivity index (χ3n) is 2.23. The molecule has 0 aromatic carbocycles. The van der Waals surface area contributed by atoms with Crippen LogP contribution >= 0.6 is 0 Å². The van der Waals surface area contributed by atoms with Gasteiger partial charge in [-0.05, 0) is 6.92 Å². The van der Waals surface area contributed by atoms with E-state index in [9.17, 15) is 15.0 Å². The Kier molecular flexibility index (Phi) is 5.47. The fourth-order valence-corrected chi connectivity index (χ4v) is 1.27. The molecule has 2 unspecified atom stereocenters. The van der Waals surface area contributed by atoms with Crippen LogP contribution in [0, 0.1) is 0 Å². The molecule has 2 N–H and O–H groups in total. The summed E-state index contributed by atoms with van der Waals surface area (Å²) in [6.45, 7) is 2.24. The third-order valence-corrected chi connectivity index (χ3v) is 2.23. The van der Waals surface area contributed by atoms with E-state index in [0.717, 1.165) is 0 Å². The van der Waals surface area contributed by atoms with Gasteiger partial charge in [-0.3, -0.25) is 4.79 Å². The van der Waals surface area contributed by atoms with Crippen molar-refractivity contribution >= 4 is 5.97 Å². The minimum Gasteiger partial charge on any atom is -0.469 e. The maximum absolute atomic E-state index is 11.0. The van der Waals surface area contributed by atoms with Crippen molar-refractivity contribution < 1.29 is 24.5 Å². The number of carbonyl (C=O) groups is 1. The van der Waals surface area contributed by atoms with E-state index in [4.69, 9.17) is 4.74 Å². The van der Waals surface area contributed by atoms with Crippen molar-refractivity contribution in [3.8, 4) is 6.01 Å². The van der Waals surface area contributed by atoms with Gasteiger partial charge in [0.05, 0.1) is 26.2 Å². The summed E-state index contributed by atoms with van der Waals surface area (Å²) in [5, 5.41) is 19.4. The minimum absolute atomic E-state index is 0.191. The minimum atomic E-state index is -1.26. The first-order chi connectivity index (χ1) is 8.58. The highest BCUT2D eigenvalue weighted by Gasteiger charge is 2.22. The van der Waals surface area contributed by atoms with Gasteiger partial charge in [0.1, 0.15) is 6.10 Å². The van der Waals surface area contributed by atoms with E-state index >= 15 is 0 Å². The molecule has 0 amide bonds. The summed E-state index contributed by atoms with van der Waals surface area (Å²) < 4.78 is 9.44. The lowest BCUT2D eigenvalue weighted by atomic mass is 10.1. The molecule has 1 aromatic heterocycles. The summed E-state index contributed by atoms with van der Waals surface area (Å²) in [7, 11) is 1.21. The number of aliphatic hydroxyl groups is 2. The summed E-state index contributed by atoms with van der Waals surface area (Å²) in [6.07, 6.45) is -0.143. The van der Waals surface area contributed by atoms with Gasteiger partial charge in [0.15, 0.2) is 0 Å². The molecule has 1 rings (SSSR count). The molecule has 7 heteroatoms. The predicted molar refractivity (Wildman–Crippen MR) is 60.8 cm³/mol. The summed E-state index contributed by atoms with van der Waals surface area (Å²) in [5.74, 6) is -0.603. The number of rotatable bonds is 6. The van der Waals surface area contributed by atoms with Crippen molar-refractivity contribution in [2.75, 3.05) is 13.7 Å². The van der Waals surface area contributed by atoms with Crippen LogP contribution < -0.4 is 4.74 Å². The average molecular weight is 256 g/mol. The van der Waals surface area contributed by atoms with Gasteiger partial charge < -0.3 is 19.7 Å². The smallest absolute Gasteiger partial charge is 0.316 e. The van der Waals surface area contributed by atoms with Crippen LogP contribution in [0.1, 0.15) is 25.0 Å². The number of esters is 1. The van der Waals surface area contributed by atoms with Crippen LogP contribution in [-0.2, 0) is 9.53 Å². The monoisotopic (exact) mass is 256 g/mol. The van der Waals surface area contributed by atoms with Gasteiger partial charge >= 0.3 is 12.0 Å². The van der Waals surface area contributed by atoms with Crippen molar-refractivity contribution in [1.82, 2.24) is 9.97 Å². The zero-order valence-corrected chi connectivity index (χ0v) is 10.2. The van der Waals surface area contributed by atoms with Crippen LogP contribution in [0.3, 0.4) is 0 Å². The van der Waals surface area contributed by atoms with Gasteiger partial charge in [0, 0.05) is 18.0 Å². The van der Waals surface area contributed by atoms with Gasteiger partial charge in [-0.2, -0.15) is 0 Å². The predicted octanol–water partition coefficient (Wildman–Crippen LogP) is -0.167. The van der Waals surface area contributed by atoms with Crippen molar-refractivity contribution in [2.45, 2.75) is 25.6 Å². The molecule has 0 aliphatic rings. The highest BCUT2D eigenvalue weighted by atomic mass is 16.5. The second-order valence-corrected chi connectivity index (χ2v) is 3.52. The van der Waals surface area contributed by atoms with E-state index in [1.807, 2.05) is 0 Å². The van der Waals surface area contributed by atoms with Gasteiger partial charge in [-0.1, -0.05) is 0 Å². The first-order valence-electron chi connectivity index (χ1n) is 5.46. The number of ether oxygens (including phenoxy) is 2. The molecule has 2 atom stereocenters. The first kappa shape index (κ1) is 14.3. The van der Waals surface area contributed by atoms with E-state index in [2.05, 4.69) is 14.7 Å². The van der Waals surface area contributed by atoms with Gasteiger partial charge in [0.25, 0.3) is 0 Å². The Morgan fingerprint density at radius 2 is 2.00 bits per heavy atom. The molecule has 1 aromatic rings. The Bertz CT molecular complexity index is 382. The number of hydrogen-bond donors (Lipinski definition) is 2. The van der Waals surface area contributed by atoms with Crippen LogP contribution in [0.4, 0.5) is 0 Å². The fourth-order valence-electron chi connectivity index (χ4n) is 1.27. The second-order valence-electron chi connectivity index (χ2n) is 3.52. The summed E-state index contributed by atoms with van der Waals surface area (Å²) in [4.78, 5) is 18.7. The highest BCUT2D eigenvalue weighted by molar-refractivity contribution is 5.69. The normalized spacial score (nSPS) is 13.8. The Labute approximate surface area is 104 Å². The lowest BCUT2D eigenvalue weighted by molar-refractivity contribution is -0.144. The lowest BCUT2D eigenvalue weighted by Gasteiger charge is -2.16. The quantitative estimate of drug-likeness (QED) is 0.681. The fraction of sp³-hybridized carbons (Fsp3) is 0.545. The van der Waals surface area contributed by atoms with Crippen LogP contribution in [-0.4, -0.2) is 46.0 Å². The number of carbonyl (C=O) groups excluding carboxylic acids is 1. The zero-order valence-electron chi connectivity index (χ0n) is 10.2. The molecule has 100 valence electrons. The number of hydrogen-bond acceptors (Lipinski definition) is 7. The maximum Gasteiger partial charge on any atom is 0.316 e. The Hall–Kier alpha value is -1.73. The van der Waals surface area contributed by atoms with Gasteiger partial charge in [0.2, 0.25) is 0 Å². The molecule has 1 heterocycles. The topological polar surface area (TPSA) is 102 Å². The summed E-state index contributed by atoms with van der Waals surface area (Å²) in [6, 6.07) is 0.191. The molecule has 0 fully saturated rings. The van der Waals surface area contributed by atoms with E-state index in [0.29, 0.717) is 12.2 Å². The second kappa shape index (κ2) is 6.87. The Balaban J connectivity index is 2.65. The molecule has 18 heavy (non-hydrogen) atoms. The molecule has 7 nitrogen and oxygen atoms in total. The molecule has 0 aliphatic heterocycles. The average Bonchev–Trinajstić information content (AvgIpc) is 2.39. The van der Waals surface area contributed by atoms with Gasteiger partial charge in [-0.15, -0.1) is 0 Å². The van der Waals surface area contributed by atoms with E-state index in [1.165, 1.54) is 19.5 Å². The van der Waals surface area contributed by atoms with Crippen molar-refractivity contribution in [2.24, 2.45) is 0 Å². The van der Waals surface area contributed by atoms with Crippen molar-refractivity contribution in [3.63, 3.8) is 0 Å². The Morgan fingerprint density at radius 3 is 2.50 bits per heavy atom. The molecule has 0 saturated carbocycles. The van der Waals surface area contributed by atoms with Gasteiger partial charge in [-0.25, -0.2) is 9.97 Å². The third kappa shape index (κ3) is 3.94. The maximum atomic E-state index is 11.0. The number of methoxy groups -OCH3 is 1. The first-order valence-corrected chi connectivity index (χ1v) is 5.46. The molecule has 0 spiro atoms. The van der Waals surface area contributed by atoms with Crippen LogP contribution in [0.15, 0.2) is 12.4 Å². The molecule has 0 bridgehead atoms. The van der Waals surface area contributed by atoms with Crippen LogP contribution in [0.25, 0.3) is 0 Å². The largest absolute Gasteiger partial charge is 0.469 e. The van der Waals surface area contributed by atoms with E-state index in [1.54, 1.807) is 6.92 Å². The SMILES string of the molecule is CCOc1ncc(C(O)C(O)CC(=O)OC)cn1. The van der Waals surface area contributed by atoms with Crippen molar-refractivity contribution in [1.29, 1.82) is 0 Å². The Morgan fingerprint density at radius 1 is 1.39 bits per heavy atom. The van der Waals surface area contributed by atoms with Crippen LogP contribution in [0.5, 0.6) is 6.01 Å². The lowest BCUT2D eigenvalue weighted by Crippen LogP contribution is -2.22. The summed E-state index contributed by atoms with van der Waals surface area (Å²) >= 11 is 0. The summed E-state index contributed by atoms with van der Waals surface area (Å²) in [5.41, 5.74) is 0.301. The highest BCUT2D eigenvalue weighted by Crippen LogP contribution is 2.18. The number of aromatic nitrogens is 2. The zero-order chi connectivity index (χ0) is 13.5. The molecule has 0 aliphatic carbocycles. The van der Waals surface area contributed by atoms with Crippen molar-refractivity contribution in [3.05, 3.63) is 18.0 Å². The number of nitrogens with zero attached hydrogens (tertiary/aromatic N) is 2. The standard InChI is InChI=1S/C11H16N2O5/c1-3-18-11-12-5-7(6-13-11)10(16)8(14)4-9(15)17-2/h5-6,8,10,14,16H,3-4H2,1-2H3. The molecule has 0 radical (unpaired) electrons. The molecule has 0 saturated heterocycles. The van der Waals surface area contributed by atoms with E-state index in [-0.39, 0.29) is 12.4 Å². The van der Waals surface area contributed by atoms with Crippen LogP contribution in [0.2, 0.25) is 0 Å². The van der Waals surface area contributed by atoms with E-state index < -0.39 is 18.2 Å².